The largest absolute Gasteiger partial charge is 0.356 e. The number of fused-ring (bicyclic) bond motifs is 1. The molecule has 4 rings (SSSR count). The highest BCUT2D eigenvalue weighted by Gasteiger charge is 1.99. The van der Waals surface area contributed by atoms with Gasteiger partial charge in [0.25, 0.3) is 0 Å². The van der Waals surface area contributed by atoms with Gasteiger partial charge in [-0.2, -0.15) is 5.10 Å². The van der Waals surface area contributed by atoms with Crippen molar-refractivity contribution in [3.05, 3.63) is 90.8 Å². The van der Waals surface area contributed by atoms with Crippen LogP contribution < -0.4 is 5.32 Å². The molecule has 0 amide bonds. The fraction of sp³-hybridized carbons (Fsp3) is 0. The Morgan fingerprint density at radius 1 is 0.792 bits per heavy atom. The molecule has 3 aromatic carbocycles. The lowest BCUT2D eigenvalue weighted by molar-refractivity contribution is 0.914. The van der Waals surface area contributed by atoms with Crippen molar-refractivity contribution in [1.82, 2.24) is 9.66 Å². The van der Waals surface area contributed by atoms with E-state index in [2.05, 4.69) is 15.4 Å². The Bertz CT molecular complexity index is 969. The van der Waals surface area contributed by atoms with Gasteiger partial charge in [0.2, 0.25) is 0 Å². The lowest BCUT2D eigenvalue weighted by atomic mass is 10.2. The van der Waals surface area contributed by atoms with Gasteiger partial charge in [-0.1, -0.05) is 42.5 Å². The lowest BCUT2D eigenvalue weighted by Gasteiger charge is -2.06. The third kappa shape index (κ3) is 3.03. The molecule has 0 saturated carbocycles. The normalized spacial score (nSPS) is 11.2. The summed E-state index contributed by atoms with van der Waals surface area (Å²) in [5.41, 5.74) is 5.09. The molecule has 0 saturated heterocycles. The first-order valence-electron chi connectivity index (χ1n) is 7.77. The number of nitrogens with one attached hydrogen (secondary N) is 1. The summed E-state index contributed by atoms with van der Waals surface area (Å²) < 4.78 is 1.78. The number of hydrogen-bond donors (Lipinski definition) is 1. The van der Waals surface area contributed by atoms with Gasteiger partial charge in [0.15, 0.2) is 0 Å². The van der Waals surface area contributed by atoms with E-state index in [0.717, 1.165) is 28.0 Å². The van der Waals surface area contributed by atoms with Gasteiger partial charge in [-0.3, -0.25) is 0 Å². The van der Waals surface area contributed by atoms with E-state index in [0.29, 0.717) is 0 Å². The number of para-hydroxylation sites is 3. The summed E-state index contributed by atoms with van der Waals surface area (Å²) >= 11 is 0. The molecule has 0 aliphatic carbocycles. The van der Waals surface area contributed by atoms with Crippen molar-refractivity contribution in [2.75, 3.05) is 5.32 Å². The minimum Gasteiger partial charge on any atom is -0.356 e. The Morgan fingerprint density at radius 3 is 2.33 bits per heavy atom. The summed E-state index contributed by atoms with van der Waals surface area (Å²) in [7, 11) is 0. The third-order valence-corrected chi connectivity index (χ3v) is 3.74. The molecule has 0 aliphatic heterocycles. The first-order valence-corrected chi connectivity index (χ1v) is 7.77. The molecule has 116 valence electrons. The maximum atomic E-state index is 4.49. The molecule has 0 radical (unpaired) electrons. The van der Waals surface area contributed by atoms with Crippen LogP contribution in [0.3, 0.4) is 0 Å². The van der Waals surface area contributed by atoms with Crippen molar-refractivity contribution >= 4 is 28.6 Å². The summed E-state index contributed by atoms with van der Waals surface area (Å²) in [6, 6.07) is 26.2. The maximum Gasteiger partial charge on any atom is 0.118 e. The Kier molecular flexibility index (Phi) is 3.78. The van der Waals surface area contributed by atoms with Gasteiger partial charge in [-0.05, 0) is 42.0 Å². The molecule has 0 bridgehead atoms. The third-order valence-electron chi connectivity index (χ3n) is 3.74. The number of nitrogens with zero attached hydrogens (tertiary/aromatic N) is 3. The summed E-state index contributed by atoms with van der Waals surface area (Å²) in [5.74, 6) is 0. The Balaban J connectivity index is 1.51. The van der Waals surface area contributed by atoms with E-state index in [-0.39, 0.29) is 0 Å². The van der Waals surface area contributed by atoms with Gasteiger partial charge in [-0.25, -0.2) is 9.66 Å². The molecule has 0 atom stereocenters. The van der Waals surface area contributed by atoms with Crippen LogP contribution in [0.4, 0.5) is 11.4 Å². The van der Waals surface area contributed by atoms with Crippen LogP contribution in [0.1, 0.15) is 5.56 Å². The first-order chi connectivity index (χ1) is 11.9. The van der Waals surface area contributed by atoms with Crippen LogP contribution >= 0.6 is 0 Å². The van der Waals surface area contributed by atoms with E-state index in [9.17, 15) is 0 Å². The zero-order valence-electron chi connectivity index (χ0n) is 13.0. The van der Waals surface area contributed by atoms with Gasteiger partial charge in [0, 0.05) is 11.4 Å². The second-order valence-electron chi connectivity index (χ2n) is 5.44. The van der Waals surface area contributed by atoms with Crippen molar-refractivity contribution < 1.29 is 0 Å². The molecule has 0 aliphatic rings. The smallest absolute Gasteiger partial charge is 0.118 e. The van der Waals surface area contributed by atoms with Crippen molar-refractivity contribution in [3.63, 3.8) is 0 Å². The maximum absolute atomic E-state index is 4.49. The summed E-state index contributed by atoms with van der Waals surface area (Å²) in [5, 5.41) is 7.85. The average Bonchev–Trinajstić information content (AvgIpc) is 3.05. The second-order valence-corrected chi connectivity index (χ2v) is 5.44. The minimum absolute atomic E-state index is 0.942. The fourth-order valence-corrected chi connectivity index (χ4v) is 2.51. The summed E-state index contributed by atoms with van der Waals surface area (Å²) in [4.78, 5) is 4.33. The van der Waals surface area contributed by atoms with Crippen LogP contribution in [0.15, 0.2) is 90.3 Å². The minimum atomic E-state index is 0.942. The quantitative estimate of drug-likeness (QED) is 0.557. The van der Waals surface area contributed by atoms with Gasteiger partial charge in [0.05, 0.1) is 17.2 Å². The topological polar surface area (TPSA) is 42.2 Å². The fourth-order valence-electron chi connectivity index (χ4n) is 2.51. The molecule has 1 N–H and O–H groups in total. The van der Waals surface area contributed by atoms with Crippen molar-refractivity contribution in [1.29, 1.82) is 0 Å². The summed E-state index contributed by atoms with van der Waals surface area (Å²) in [6.07, 6.45) is 3.56. The zero-order valence-corrected chi connectivity index (χ0v) is 13.0. The Hall–Kier alpha value is -3.40. The van der Waals surface area contributed by atoms with E-state index in [4.69, 9.17) is 0 Å². The van der Waals surface area contributed by atoms with Gasteiger partial charge >= 0.3 is 0 Å². The standard InChI is InChI=1S/C20H16N4/c1-2-6-17(7-3-1)23-18-12-10-16(11-13-18)14-22-24-15-21-19-8-4-5-9-20(19)24/h1-15,23H/b22-14-. The number of anilines is 2. The molecule has 0 unspecified atom stereocenters. The monoisotopic (exact) mass is 312 g/mol. The van der Waals surface area contributed by atoms with E-state index in [1.807, 2.05) is 85.1 Å². The average molecular weight is 312 g/mol. The van der Waals surface area contributed by atoms with E-state index in [1.165, 1.54) is 0 Å². The van der Waals surface area contributed by atoms with Crippen LogP contribution in [0.5, 0.6) is 0 Å². The number of hydrogen-bond acceptors (Lipinski definition) is 3. The number of rotatable bonds is 4. The van der Waals surface area contributed by atoms with Crippen molar-refractivity contribution in [2.45, 2.75) is 0 Å². The van der Waals surface area contributed by atoms with Crippen LogP contribution in [-0.2, 0) is 0 Å². The van der Waals surface area contributed by atoms with Crippen LogP contribution in [-0.4, -0.2) is 15.9 Å². The summed E-state index contributed by atoms with van der Waals surface area (Å²) in [6.45, 7) is 0. The van der Waals surface area contributed by atoms with Crippen molar-refractivity contribution in [2.24, 2.45) is 5.10 Å². The molecule has 0 spiro atoms. The van der Waals surface area contributed by atoms with E-state index in [1.54, 1.807) is 11.0 Å². The van der Waals surface area contributed by atoms with Crippen LogP contribution in [0.2, 0.25) is 0 Å². The SMILES string of the molecule is C(=N/n1cnc2ccccc21)/c1ccc(Nc2ccccc2)cc1. The van der Waals surface area contributed by atoms with E-state index >= 15 is 0 Å². The molecule has 1 aromatic heterocycles. The van der Waals surface area contributed by atoms with Crippen LogP contribution in [0.25, 0.3) is 11.0 Å². The second kappa shape index (κ2) is 6.38. The molecule has 1 heterocycles. The molecular weight excluding hydrogens is 296 g/mol. The molecular formula is C20H16N4. The van der Waals surface area contributed by atoms with Gasteiger partial charge < -0.3 is 5.32 Å². The Morgan fingerprint density at radius 2 is 1.50 bits per heavy atom. The molecule has 4 nitrogen and oxygen atoms in total. The Labute approximate surface area is 140 Å². The highest BCUT2D eigenvalue weighted by Crippen LogP contribution is 2.16. The highest BCUT2D eigenvalue weighted by atomic mass is 15.4. The number of benzene rings is 3. The first kappa shape index (κ1) is 14.2. The molecule has 0 fully saturated rings. The van der Waals surface area contributed by atoms with Gasteiger partial charge in [-0.15, -0.1) is 0 Å². The van der Waals surface area contributed by atoms with E-state index < -0.39 is 0 Å². The number of imidazole rings is 1. The lowest BCUT2D eigenvalue weighted by Crippen LogP contribution is -1.91. The zero-order chi connectivity index (χ0) is 16.2. The number of aromatic nitrogens is 2. The molecule has 24 heavy (non-hydrogen) atoms. The predicted molar refractivity (Wildman–Crippen MR) is 98.9 cm³/mol. The van der Waals surface area contributed by atoms with Gasteiger partial charge in [0.1, 0.15) is 6.33 Å². The molecule has 4 heteroatoms. The highest BCUT2D eigenvalue weighted by molar-refractivity contribution is 5.82. The van der Waals surface area contributed by atoms with Crippen molar-refractivity contribution in [3.8, 4) is 0 Å². The predicted octanol–water partition coefficient (Wildman–Crippen LogP) is 4.66. The van der Waals surface area contributed by atoms with Crippen LogP contribution in [0, 0.1) is 0 Å². The molecule has 4 aromatic rings.